The minimum atomic E-state index is -2.04. The Morgan fingerprint density at radius 1 is 0.942 bits per heavy atom. The summed E-state index contributed by atoms with van der Waals surface area (Å²) in [5.74, 6) is -15.5. The van der Waals surface area contributed by atoms with Crippen molar-refractivity contribution in [2.45, 2.75) is 44.4 Å². The zero-order valence-electron chi connectivity index (χ0n) is 27.5. The number of fused-ring (bicyclic) bond motifs is 1. The summed E-state index contributed by atoms with van der Waals surface area (Å²) in [4.78, 5) is 67.9. The fourth-order valence-corrected chi connectivity index (χ4v) is 5.76. The Bertz CT molecular complexity index is 2040. The van der Waals surface area contributed by atoms with E-state index >= 15 is 0 Å². The molecule has 2 heterocycles. The normalized spacial score (nSPS) is 15.9. The number of ether oxygens (including phenoxy) is 2. The maximum atomic E-state index is 14.7. The second-order valence-electron chi connectivity index (χ2n) is 12.0. The smallest absolute Gasteiger partial charge is 0.268 e. The zero-order chi connectivity index (χ0) is 37.9. The van der Waals surface area contributed by atoms with E-state index in [4.69, 9.17) is 9.47 Å². The summed E-state index contributed by atoms with van der Waals surface area (Å²) < 4.78 is 82.6. The molecular formula is C35H31F5N4O8. The van der Waals surface area contributed by atoms with E-state index in [0.29, 0.717) is 16.7 Å². The fourth-order valence-electron chi connectivity index (χ4n) is 5.76. The molecule has 12 nitrogen and oxygen atoms in total. The second-order valence-corrected chi connectivity index (χ2v) is 12.0. The minimum Gasteiger partial charge on any atom is -0.496 e. The van der Waals surface area contributed by atoms with E-state index < -0.39 is 107 Å². The first kappa shape index (κ1) is 37.4. The Labute approximate surface area is 291 Å². The number of nitrogens with one attached hydrogen (secondary N) is 4. The van der Waals surface area contributed by atoms with Crippen molar-refractivity contribution in [1.29, 1.82) is 0 Å². The summed E-state index contributed by atoms with van der Waals surface area (Å²) in [5.41, 5.74) is -0.530. The van der Waals surface area contributed by atoms with E-state index in [9.17, 15) is 51.0 Å². The van der Waals surface area contributed by atoms with Crippen molar-refractivity contribution >= 4 is 40.3 Å². The lowest BCUT2D eigenvalue weighted by molar-refractivity contribution is -0.131. The molecule has 3 aromatic carbocycles. The maximum absolute atomic E-state index is 14.7. The van der Waals surface area contributed by atoms with E-state index in [-0.39, 0.29) is 24.1 Å². The van der Waals surface area contributed by atoms with Gasteiger partial charge in [0.05, 0.1) is 24.8 Å². The van der Waals surface area contributed by atoms with Crippen LogP contribution in [0.15, 0.2) is 48.5 Å². The van der Waals surface area contributed by atoms with E-state index in [0.717, 1.165) is 19.1 Å². The topological polar surface area (TPSA) is 176 Å². The molecule has 1 saturated heterocycles. The summed E-state index contributed by atoms with van der Waals surface area (Å²) in [7, 11) is 1.44. The first-order valence-corrected chi connectivity index (χ1v) is 15.7. The number of aliphatic hydroxyl groups is 1. The van der Waals surface area contributed by atoms with Gasteiger partial charge in [0.25, 0.3) is 5.91 Å². The van der Waals surface area contributed by atoms with Crippen LogP contribution < -0.4 is 25.4 Å². The predicted molar refractivity (Wildman–Crippen MR) is 171 cm³/mol. The largest absolute Gasteiger partial charge is 0.496 e. The van der Waals surface area contributed by atoms with Crippen molar-refractivity contribution < 1.29 is 60.5 Å². The number of halogens is 5. The van der Waals surface area contributed by atoms with Crippen LogP contribution >= 0.6 is 0 Å². The molecule has 4 atom stereocenters. The lowest BCUT2D eigenvalue weighted by Gasteiger charge is -2.24. The van der Waals surface area contributed by atoms with Gasteiger partial charge in [-0.3, -0.25) is 29.3 Å². The molecule has 0 aliphatic carbocycles. The van der Waals surface area contributed by atoms with E-state index in [1.165, 1.54) is 25.3 Å². The van der Waals surface area contributed by atoms with Gasteiger partial charge in [-0.05, 0) is 49.2 Å². The number of imide groups is 1. The molecule has 0 radical (unpaired) electrons. The molecule has 4 amide bonds. The van der Waals surface area contributed by atoms with Crippen LogP contribution in [0.1, 0.15) is 47.5 Å². The number of carbonyl (C=O) groups excluding carboxylic acids is 5. The lowest BCUT2D eigenvalue weighted by Crippen LogP contribution is -2.53. The molecule has 1 fully saturated rings. The quantitative estimate of drug-likeness (QED) is 0.0745. The van der Waals surface area contributed by atoms with E-state index in [1.54, 1.807) is 18.2 Å². The number of H-pyrrole nitrogens is 1. The molecule has 0 saturated carbocycles. The van der Waals surface area contributed by atoms with Gasteiger partial charge in [-0.15, -0.1) is 0 Å². The van der Waals surface area contributed by atoms with Crippen LogP contribution in [0.4, 0.5) is 22.0 Å². The van der Waals surface area contributed by atoms with Crippen LogP contribution in [0.3, 0.4) is 0 Å². The van der Waals surface area contributed by atoms with Crippen molar-refractivity contribution in [1.82, 2.24) is 20.9 Å². The Hall–Kier alpha value is -5.84. The van der Waals surface area contributed by atoms with Crippen molar-refractivity contribution in [2.24, 2.45) is 5.92 Å². The first-order valence-electron chi connectivity index (χ1n) is 15.7. The van der Waals surface area contributed by atoms with Crippen molar-refractivity contribution in [3.05, 3.63) is 94.4 Å². The Morgan fingerprint density at radius 2 is 1.63 bits per heavy atom. The highest BCUT2D eigenvalue weighted by atomic mass is 19.2. The number of ketones is 1. The zero-order valence-corrected chi connectivity index (χ0v) is 27.5. The first-order chi connectivity index (χ1) is 24.7. The molecule has 274 valence electrons. The molecule has 5 N–H and O–H groups in total. The number of rotatable bonds is 14. The van der Waals surface area contributed by atoms with Crippen molar-refractivity contribution in [3.8, 4) is 11.5 Å². The van der Waals surface area contributed by atoms with Gasteiger partial charge in [0.2, 0.25) is 29.4 Å². The van der Waals surface area contributed by atoms with Crippen LogP contribution in [0.5, 0.6) is 11.5 Å². The number of hydrogen-bond donors (Lipinski definition) is 5. The molecule has 52 heavy (non-hydrogen) atoms. The Balaban J connectivity index is 1.42. The van der Waals surface area contributed by atoms with Gasteiger partial charge >= 0.3 is 0 Å². The van der Waals surface area contributed by atoms with Gasteiger partial charge in [-0.2, -0.15) is 8.78 Å². The molecule has 1 aromatic heterocycles. The molecule has 4 aromatic rings. The SMILES string of the molecule is COc1cccc2[nH]c(C(=O)N[C@H](Cc3cccc(F)c3)C(=O)N[C@@H](C[C@@H]3CC(=O)NC3=O)C(=O)COc3c(F)c(F)c(C(C)O)c(F)c3F)cc12. The summed E-state index contributed by atoms with van der Waals surface area (Å²) in [6.07, 6.45) is -3.18. The second kappa shape index (κ2) is 15.6. The third kappa shape index (κ3) is 8.04. The summed E-state index contributed by atoms with van der Waals surface area (Å²) >= 11 is 0. The monoisotopic (exact) mass is 730 g/mol. The molecule has 1 aliphatic heterocycles. The predicted octanol–water partition coefficient (Wildman–Crippen LogP) is 3.45. The number of hydrogen-bond acceptors (Lipinski definition) is 8. The van der Waals surface area contributed by atoms with Gasteiger partial charge in [0, 0.05) is 29.7 Å². The number of carbonyl (C=O) groups is 5. The van der Waals surface area contributed by atoms with Crippen LogP contribution in [-0.4, -0.2) is 65.3 Å². The molecular weight excluding hydrogens is 699 g/mol. The Kier molecular flexibility index (Phi) is 11.2. The lowest BCUT2D eigenvalue weighted by atomic mass is 9.95. The number of methoxy groups -OCH3 is 1. The number of aromatic amines is 1. The number of aromatic nitrogens is 1. The number of Topliss-reactive ketones (excluding diaryl/α,β-unsaturated/α-hetero) is 1. The molecule has 0 spiro atoms. The van der Waals surface area contributed by atoms with Gasteiger partial charge in [0.1, 0.15) is 29.9 Å². The standard InChI is InChI=1S/C35H31F5N4O8/c1-15(45)27-28(37)30(39)32(31(40)29(27)38)52-14-24(46)21(11-17-12-26(47)44-33(17)48)42-34(49)22(10-16-5-3-6-18(36)9-16)43-35(50)23-13-19-20(41-23)7-4-8-25(19)51-2/h3-9,13,15,17,21-22,41,45H,10-12,14H2,1-2H3,(H,42,49)(H,43,50)(H,44,47,48)/t15?,17-,21+,22-/m1/s1. The third-order valence-corrected chi connectivity index (χ3v) is 8.36. The van der Waals surface area contributed by atoms with Crippen LogP contribution in [-0.2, 0) is 25.6 Å². The molecule has 5 rings (SSSR count). The highest BCUT2D eigenvalue weighted by Gasteiger charge is 2.37. The number of amides is 4. The van der Waals surface area contributed by atoms with Gasteiger partial charge < -0.3 is 30.2 Å². The Morgan fingerprint density at radius 3 is 2.25 bits per heavy atom. The van der Waals surface area contributed by atoms with E-state index in [2.05, 4.69) is 15.6 Å². The van der Waals surface area contributed by atoms with Gasteiger partial charge in [-0.1, -0.05) is 18.2 Å². The maximum Gasteiger partial charge on any atom is 0.268 e. The highest BCUT2D eigenvalue weighted by Crippen LogP contribution is 2.33. The van der Waals surface area contributed by atoms with Crippen LogP contribution in [0.2, 0.25) is 0 Å². The molecule has 17 heteroatoms. The van der Waals surface area contributed by atoms with Gasteiger partial charge in [-0.25, -0.2) is 13.2 Å². The van der Waals surface area contributed by atoms with Crippen LogP contribution in [0.25, 0.3) is 10.9 Å². The minimum absolute atomic E-state index is 0.00355. The van der Waals surface area contributed by atoms with Gasteiger partial charge in [0.15, 0.2) is 23.2 Å². The average Bonchev–Trinajstić information content (AvgIpc) is 3.68. The summed E-state index contributed by atoms with van der Waals surface area (Å²) in [5, 5.41) is 17.0. The van der Waals surface area contributed by atoms with E-state index in [1.807, 2.05) is 5.32 Å². The molecule has 1 aliphatic rings. The molecule has 0 bridgehead atoms. The number of aliphatic hydroxyl groups excluding tert-OH is 1. The average molecular weight is 731 g/mol. The van der Waals surface area contributed by atoms with Crippen molar-refractivity contribution in [2.75, 3.05) is 13.7 Å². The summed E-state index contributed by atoms with van der Waals surface area (Å²) in [6.45, 7) is -0.436. The van der Waals surface area contributed by atoms with Crippen molar-refractivity contribution in [3.63, 3.8) is 0 Å². The van der Waals surface area contributed by atoms with Crippen LogP contribution in [0, 0.1) is 35.0 Å². The summed E-state index contributed by atoms with van der Waals surface area (Å²) in [6, 6.07) is 8.35. The third-order valence-electron chi connectivity index (χ3n) is 8.36. The highest BCUT2D eigenvalue weighted by molar-refractivity contribution is 6.04. The molecule has 1 unspecified atom stereocenters. The fraction of sp³-hybridized carbons (Fsp3) is 0.286. The number of benzene rings is 3.